The van der Waals surface area contributed by atoms with Crippen molar-refractivity contribution in [3.63, 3.8) is 0 Å². The first-order valence-corrected chi connectivity index (χ1v) is 9.85. The van der Waals surface area contributed by atoms with Gasteiger partial charge < -0.3 is 9.88 Å². The van der Waals surface area contributed by atoms with Gasteiger partial charge in [0.05, 0.1) is 17.6 Å². The molecule has 0 bridgehead atoms. The zero-order valence-corrected chi connectivity index (χ0v) is 17.0. The van der Waals surface area contributed by atoms with E-state index >= 15 is 0 Å². The second-order valence-corrected chi connectivity index (χ2v) is 7.71. The number of nitrogens with zero attached hydrogens (tertiary/aromatic N) is 4. The number of aromatic nitrogens is 4. The van der Waals surface area contributed by atoms with Crippen LogP contribution in [-0.2, 0) is 13.1 Å². The van der Waals surface area contributed by atoms with Crippen LogP contribution < -0.4 is 5.32 Å². The van der Waals surface area contributed by atoms with Crippen LogP contribution in [-0.4, -0.2) is 25.2 Å². The first-order chi connectivity index (χ1) is 14.0. The zero-order valence-electron chi connectivity index (χ0n) is 17.0. The van der Waals surface area contributed by atoms with E-state index in [1.807, 2.05) is 66.3 Å². The van der Waals surface area contributed by atoms with Gasteiger partial charge >= 0.3 is 0 Å². The molecule has 0 aliphatic heterocycles. The predicted octanol–water partition coefficient (Wildman–Crippen LogP) is 4.50. The van der Waals surface area contributed by atoms with E-state index < -0.39 is 0 Å². The van der Waals surface area contributed by atoms with Gasteiger partial charge in [0.2, 0.25) is 0 Å². The Morgan fingerprint density at radius 3 is 2.69 bits per heavy atom. The molecule has 0 spiro atoms. The van der Waals surface area contributed by atoms with E-state index in [-0.39, 0.29) is 5.91 Å². The summed E-state index contributed by atoms with van der Waals surface area (Å²) in [7, 11) is 0. The molecule has 0 radical (unpaired) electrons. The number of aryl methyl sites for hydroxylation is 1. The van der Waals surface area contributed by atoms with E-state index in [1.54, 1.807) is 6.20 Å². The predicted molar refractivity (Wildman–Crippen MR) is 115 cm³/mol. The van der Waals surface area contributed by atoms with Crippen molar-refractivity contribution >= 4 is 22.6 Å². The van der Waals surface area contributed by atoms with Gasteiger partial charge in [0.1, 0.15) is 5.82 Å². The number of carbonyl (C=O) groups is 1. The van der Waals surface area contributed by atoms with Crippen molar-refractivity contribution in [1.82, 2.24) is 19.3 Å². The average Bonchev–Trinajstić information content (AvgIpc) is 3.30. The Hall–Kier alpha value is -3.41. The summed E-state index contributed by atoms with van der Waals surface area (Å²) in [6.07, 6.45) is 3.71. The van der Waals surface area contributed by atoms with Crippen LogP contribution in [0, 0.1) is 12.8 Å². The molecule has 1 amide bonds. The quantitative estimate of drug-likeness (QED) is 0.530. The summed E-state index contributed by atoms with van der Waals surface area (Å²) in [5, 5.41) is 7.31. The van der Waals surface area contributed by atoms with Crippen LogP contribution in [0.15, 0.2) is 60.9 Å². The molecule has 29 heavy (non-hydrogen) atoms. The molecule has 6 heteroatoms. The van der Waals surface area contributed by atoms with Crippen LogP contribution in [0.5, 0.6) is 0 Å². The maximum absolute atomic E-state index is 12.7. The highest BCUT2D eigenvalue weighted by molar-refractivity contribution is 6.05. The number of carbonyl (C=O) groups excluding carboxylic acids is 1. The Morgan fingerprint density at radius 1 is 1.14 bits per heavy atom. The van der Waals surface area contributed by atoms with Crippen molar-refractivity contribution < 1.29 is 4.79 Å². The van der Waals surface area contributed by atoms with Gasteiger partial charge in [0.15, 0.2) is 0 Å². The summed E-state index contributed by atoms with van der Waals surface area (Å²) in [6.45, 7) is 7.81. The Balaban J connectivity index is 1.66. The Kier molecular flexibility index (Phi) is 5.16. The van der Waals surface area contributed by atoms with E-state index in [0.29, 0.717) is 18.0 Å². The van der Waals surface area contributed by atoms with Crippen LogP contribution >= 0.6 is 0 Å². The van der Waals surface area contributed by atoms with Crippen LogP contribution in [0.2, 0.25) is 0 Å². The van der Waals surface area contributed by atoms with Gasteiger partial charge in [-0.2, -0.15) is 5.10 Å². The molecule has 0 aliphatic carbocycles. The number of nitrogens with one attached hydrogen (secondary N) is 1. The number of hydrogen-bond donors (Lipinski definition) is 1. The number of rotatable bonds is 6. The van der Waals surface area contributed by atoms with E-state index in [1.165, 1.54) is 0 Å². The lowest BCUT2D eigenvalue weighted by Crippen LogP contribution is -2.13. The van der Waals surface area contributed by atoms with Gasteiger partial charge in [-0.05, 0) is 48.7 Å². The number of fused-ring (bicyclic) bond motifs is 1. The maximum Gasteiger partial charge on any atom is 0.255 e. The second kappa shape index (κ2) is 7.91. The van der Waals surface area contributed by atoms with Crippen molar-refractivity contribution in [3.05, 3.63) is 77.9 Å². The maximum atomic E-state index is 12.7. The van der Waals surface area contributed by atoms with Crippen molar-refractivity contribution in [2.75, 3.05) is 5.32 Å². The highest BCUT2D eigenvalue weighted by atomic mass is 16.1. The third kappa shape index (κ3) is 4.06. The largest absolute Gasteiger partial charge is 0.326 e. The number of imidazole rings is 1. The molecule has 1 N–H and O–H groups in total. The Labute approximate surface area is 170 Å². The number of amides is 1. The first kappa shape index (κ1) is 18.9. The van der Waals surface area contributed by atoms with E-state index in [4.69, 9.17) is 4.98 Å². The van der Waals surface area contributed by atoms with Gasteiger partial charge in [0.25, 0.3) is 5.91 Å². The summed E-state index contributed by atoms with van der Waals surface area (Å²) >= 11 is 0. The summed E-state index contributed by atoms with van der Waals surface area (Å²) in [5.41, 5.74) is 4.31. The number of hydrogen-bond acceptors (Lipinski definition) is 3. The standard InChI is InChI=1S/C23H25N5O/c1-16(2)14-28-21-10-9-18(25-23(29)19-8-5-4-7-17(19)3)13-20(21)26-22(28)15-27-12-6-11-24-27/h4-13,16H,14-15H2,1-3H3,(H,25,29). The van der Waals surface area contributed by atoms with Crippen LogP contribution in [0.3, 0.4) is 0 Å². The van der Waals surface area contributed by atoms with E-state index in [9.17, 15) is 4.79 Å². The van der Waals surface area contributed by atoms with Gasteiger partial charge in [-0.15, -0.1) is 0 Å². The topological polar surface area (TPSA) is 64.7 Å². The van der Waals surface area contributed by atoms with Crippen LogP contribution in [0.4, 0.5) is 5.69 Å². The molecule has 0 saturated carbocycles. The fraction of sp³-hybridized carbons (Fsp3) is 0.261. The third-order valence-electron chi connectivity index (χ3n) is 4.89. The zero-order chi connectivity index (χ0) is 20.4. The van der Waals surface area contributed by atoms with Crippen molar-refractivity contribution in [2.24, 2.45) is 5.92 Å². The third-order valence-corrected chi connectivity index (χ3v) is 4.89. The smallest absolute Gasteiger partial charge is 0.255 e. The molecule has 0 unspecified atom stereocenters. The van der Waals surface area contributed by atoms with E-state index in [0.717, 1.165) is 34.7 Å². The molecule has 4 aromatic rings. The Morgan fingerprint density at radius 2 is 1.97 bits per heavy atom. The molecule has 2 heterocycles. The second-order valence-electron chi connectivity index (χ2n) is 7.71. The minimum Gasteiger partial charge on any atom is -0.326 e. The molecule has 148 valence electrons. The lowest BCUT2D eigenvalue weighted by atomic mass is 10.1. The normalized spacial score (nSPS) is 11.3. The lowest BCUT2D eigenvalue weighted by Gasteiger charge is -2.12. The summed E-state index contributed by atoms with van der Waals surface area (Å²) in [5.74, 6) is 1.34. The molecule has 0 aliphatic rings. The minimum absolute atomic E-state index is 0.110. The molecule has 6 nitrogen and oxygen atoms in total. The molecule has 2 aromatic carbocycles. The van der Waals surface area contributed by atoms with Gasteiger partial charge in [-0.1, -0.05) is 32.0 Å². The molecule has 2 aromatic heterocycles. The minimum atomic E-state index is -0.110. The highest BCUT2D eigenvalue weighted by Gasteiger charge is 2.14. The molecular formula is C23H25N5O. The summed E-state index contributed by atoms with van der Waals surface area (Å²) in [6, 6.07) is 15.4. The molecule has 0 fully saturated rings. The monoisotopic (exact) mass is 387 g/mol. The van der Waals surface area contributed by atoms with Gasteiger partial charge in [0, 0.05) is 30.2 Å². The van der Waals surface area contributed by atoms with E-state index in [2.05, 4.69) is 28.8 Å². The van der Waals surface area contributed by atoms with Crippen LogP contribution in [0.1, 0.15) is 35.6 Å². The molecule has 0 saturated heterocycles. The van der Waals surface area contributed by atoms with Gasteiger partial charge in [-0.3, -0.25) is 9.48 Å². The SMILES string of the molecule is Cc1ccccc1C(=O)Nc1ccc2c(c1)nc(Cn1cccn1)n2CC(C)C. The number of anilines is 1. The van der Waals surface area contributed by atoms with Crippen molar-refractivity contribution in [1.29, 1.82) is 0 Å². The summed E-state index contributed by atoms with van der Waals surface area (Å²) < 4.78 is 4.12. The Bertz CT molecular complexity index is 1140. The average molecular weight is 387 g/mol. The first-order valence-electron chi connectivity index (χ1n) is 9.85. The van der Waals surface area contributed by atoms with Crippen LogP contribution in [0.25, 0.3) is 11.0 Å². The fourth-order valence-electron chi connectivity index (χ4n) is 3.51. The lowest BCUT2D eigenvalue weighted by molar-refractivity contribution is 0.102. The van der Waals surface area contributed by atoms with Gasteiger partial charge in [-0.25, -0.2) is 4.98 Å². The molecule has 4 rings (SSSR count). The number of benzene rings is 2. The fourth-order valence-corrected chi connectivity index (χ4v) is 3.51. The molecular weight excluding hydrogens is 362 g/mol. The van der Waals surface area contributed by atoms with Crippen molar-refractivity contribution in [2.45, 2.75) is 33.9 Å². The van der Waals surface area contributed by atoms with Crippen molar-refractivity contribution in [3.8, 4) is 0 Å². The molecule has 0 atom stereocenters. The highest BCUT2D eigenvalue weighted by Crippen LogP contribution is 2.23. The summed E-state index contributed by atoms with van der Waals surface area (Å²) in [4.78, 5) is 17.5.